The summed E-state index contributed by atoms with van der Waals surface area (Å²) in [6.45, 7) is 6.14. The summed E-state index contributed by atoms with van der Waals surface area (Å²) in [6.07, 6.45) is -0.501. The van der Waals surface area contributed by atoms with Gasteiger partial charge in [0.05, 0.1) is 28.0 Å². The average molecular weight is 478 g/mol. The number of benzene rings is 3. The van der Waals surface area contributed by atoms with Crippen molar-refractivity contribution in [3.05, 3.63) is 116 Å². The van der Waals surface area contributed by atoms with E-state index in [1.807, 2.05) is 62.4 Å². The topological polar surface area (TPSA) is 58.2 Å². The predicted octanol–water partition coefficient (Wildman–Crippen LogP) is 5.10. The van der Waals surface area contributed by atoms with Crippen LogP contribution in [-0.4, -0.2) is 13.7 Å². The molecule has 3 aromatic carbocycles. The minimum absolute atomic E-state index is 0.314. The zero-order valence-corrected chi connectivity index (χ0v) is 21.0. The van der Waals surface area contributed by atoms with Crippen LogP contribution in [0.1, 0.15) is 34.1 Å². The van der Waals surface area contributed by atoms with Gasteiger partial charge in [-0.3, -0.25) is 13.9 Å². The Labute approximate surface area is 208 Å². The lowest BCUT2D eigenvalue weighted by atomic mass is 9.98. The molecule has 0 radical (unpaired) electrons. The molecular formula is C30H27N3O3. The van der Waals surface area contributed by atoms with Gasteiger partial charge in [0.15, 0.2) is 6.10 Å². The van der Waals surface area contributed by atoms with Crippen molar-refractivity contribution in [3.63, 3.8) is 0 Å². The Morgan fingerprint density at radius 3 is 2.22 bits per heavy atom. The van der Waals surface area contributed by atoms with E-state index >= 15 is 0 Å². The molecular weight excluding hydrogens is 450 g/mol. The molecule has 6 nitrogen and oxygen atoms in total. The maximum Gasteiger partial charge on any atom is 0.331 e. The quantitative estimate of drug-likeness (QED) is 0.355. The molecule has 0 saturated heterocycles. The number of nitrogens with zero attached hydrogens (tertiary/aromatic N) is 3. The van der Waals surface area contributed by atoms with Crippen LogP contribution >= 0.6 is 0 Å². The zero-order chi connectivity index (χ0) is 25.3. The van der Waals surface area contributed by atoms with Crippen LogP contribution < -0.4 is 16.0 Å². The maximum absolute atomic E-state index is 13.8. The van der Waals surface area contributed by atoms with Gasteiger partial charge < -0.3 is 9.30 Å². The summed E-state index contributed by atoms with van der Waals surface area (Å²) in [5.74, 6) is 0.735. The molecule has 0 amide bonds. The van der Waals surface area contributed by atoms with Crippen LogP contribution in [0.5, 0.6) is 5.75 Å². The summed E-state index contributed by atoms with van der Waals surface area (Å²) in [6, 6.07) is 22.3. The molecule has 5 aromatic rings. The highest BCUT2D eigenvalue weighted by molar-refractivity contribution is 5.99. The Hall–Kier alpha value is -4.32. The third-order valence-electron chi connectivity index (χ3n) is 7.33. The minimum atomic E-state index is -0.501. The SMILES string of the molecule is Cc1ccc2c(c1)-n1c(-c3ccccc3C)c3c(=O)n(C)c(=O)n(C)c3c1C(c1ccccc1C)O2. The van der Waals surface area contributed by atoms with E-state index in [4.69, 9.17) is 4.74 Å². The highest BCUT2D eigenvalue weighted by Crippen LogP contribution is 2.47. The lowest BCUT2D eigenvalue weighted by molar-refractivity contribution is 0.228. The Morgan fingerprint density at radius 2 is 1.50 bits per heavy atom. The molecule has 0 fully saturated rings. The molecule has 6 rings (SSSR count). The Balaban J connectivity index is 1.91. The Morgan fingerprint density at radius 1 is 0.806 bits per heavy atom. The van der Waals surface area contributed by atoms with Crippen molar-refractivity contribution in [1.82, 2.24) is 13.7 Å². The van der Waals surface area contributed by atoms with E-state index in [9.17, 15) is 9.59 Å². The van der Waals surface area contributed by atoms with E-state index in [0.29, 0.717) is 10.9 Å². The van der Waals surface area contributed by atoms with Gasteiger partial charge in [-0.1, -0.05) is 54.6 Å². The van der Waals surface area contributed by atoms with Crippen molar-refractivity contribution >= 4 is 10.9 Å². The molecule has 0 spiro atoms. The van der Waals surface area contributed by atoms with Crippen LogP contribution in [0, 0.1) is 20.8 Å². The lowest BCUT2D eigenvalue weighted by Gasteiger charge is -2.31. The highest BCUT2D eigenvalue weighted by Gasteiger charge is 2.37. The van der Waals surface area contributed by atoms with Gasteiger partial charge in [-0.25, -0.2) is 4.79 Å². The molecule has 2 aromatic heterocycles. The molecule has 180 valence electrons. The van der Waals surface area contributed by atoms with Gasteiger partial charge in [0, 0.05) is 25.2 Å². The fourth-order valence-electron chi connectivity index (χ4n) is 5.46. The fraction of sp³-hybridized carbons (Fsp3) is 0.200. The Bertz CT molecular complexity index is 1820. The van der Waals surface area contributed by atoms with Crippen LogP contribution in [0.3, 0.4) is 0 Å². The number of aryl methyl sites for hydroxylation is 4. The monoisotopic (exact) mass is 477 g/mol. The number of rotatable bonds is 2. The first kappa shape index (κ1) is 22.2. The Kier molecular flexibility index (Phi) is 4.83. The van der Waals surface area contributed by atoms with Gasteiger partial charge in [-0.15, -0.1) is 0 Å². The van der Waals surface area contributed by atoms with Crippen molar-refractivity contribution < 1.29 is 4.74 Å². The van der Waals surface area contributed by atoms with Gasteiger partial charge in [0.2, 0.25) is 0 Å². The molecule has 1 aliphatic heterocycles. The average Bonchev–Trinajstić information content (AvgIpc) is 3.23. The standard InChI is InChI=1S/C30H27N3O3/c1-17-14-15-23-22(16-17)33-25(20-12-8-6-10-18(20)2)24-26(31(4)30(35)32(5)29(24)34)27(33)28(36-23)21-13-9-7-11-19(21)3/h6-16,28H,1-5H3. The second kappa shape index (κ2) is 7.85. The predicted molar refractivity (Wildman–Crippen MR) is 142 cm³/mol. The van der Waals surface area contributed by atoms with E-state index in [1.54, 1.807) is 11.6 Å². The summed E-state index contributed by atoms with van der Waals surface area (Å²) in [5, 5.41) is 0.514. The zero-order valence-electron chi connectivity index (χ0n) is 21.0. The van der Waals surface area contributed by atoms with Crippen LogP contribution in [0.4, 0.5) is 0 Å². The molecule has 1 aliphatic rings. The first-order chi connectivity index (χ1) is 17.3. The van der Waals surface area contributed by atoms with E-state index in [1.165, 1.54) is 11.6 Å². The minimum Gasteiger partial charge on any atom is -0.477 e. The van der Waals surface area contributed by atoms with Crippen molar-refractivity contribution in [2.24, 2.45) is 14.1 Å². The molecule has 0 aliphatic carbocycles. The number of hydrogen-bond acceptors (Lipinski definition) is 3. The number of ether oxygens (including phenoxy) is 1. The van der Waals surface area contributed by atoms with Gasteiger partial charge in [0.1, 0.15) is 5.75 Å². The van der Waals surface area contributed by atoms with E-state index in [2.05, 4.69) is 29.7 Å². The van der Waals surface area contributed by atoms with Crippen molar-refractivity contribution in [2.45, 2.75) is 26.9 Å². The van der Waals surface area contributed by atoms with Crippen molar-refractivity contribution in [1.29, 1.82) is 0 Å². The maximum atomic E-state index is 13.8. The van der Waals surface area contributed by atoms with Gasteiger partial charge in [-0.2, -0.15) is 0 Å². The normalized spacial score (nSPS) is 14.4. The van der Waals surface area contributed by atoms with Gasteiger partial charge in [0.25, 0.3) is 5.56 Å². The molecule has 1 unspecified atom stereocenters. The first-order valence-corrected chi connectivity index (χ1v) is 12.0. The summed E-state index contributed by atoms with van der Waals surface area (Å²) in [7, 11) is 3.27. The van der Waals surface area contributed by atoms with Gasteiger partial charge in [-0.05, 0) is 49.6 Å². The van der Waals surface area contributed by atoms with E-state index in [-0.39, 0.29) is 11.2 Å². The molecule has 0 saturated carbocycles. The number of aromatic nitrogens is 3. The highest BCUT2D eigenvalue weighted by atomic mass is 16.5. The van der Waals surface area contributed by atoms with E-state index in [0.717, 1.165) is 50.6 Å². The van der Waals surface area contributed by atoms with Crippen LogP contribution in [0.2, 0.25) is 0 Å². The molecule has 1 atom stereocenters. The summed E-state index contributed by atoms with van der Waals surface area (Å²) < 4.78 is 11.6. The first-order valence-electron chi connectivity index (χ1n) is 12.0. The molecule has 36 heavy (non-hydrogen) atoms. The summed E-state index contributed by atoms with van der Waals surface area (Å²) in [5.41, 5.74) is 7.48. The largest absolute Gasteiger partial charge is 0.477 e. The van der Waals surface area contributed by atoms with Crippen LogP contribution in [-0.2, 0) is 14.1 Å². The summed E-state index contributed by atoms with van der Waals surface area (Å²) >= 11 is 0. The molecule has 6 heteroatoms. The number of hydrogen-bond donors (Lipinski definition) is 0. The second-order valence-electron chi connectivity index (χ2n) is 9.64. The lowest BCUT2D eigenvalue weighted by Crippen LogP contribution is -2.37. The smallest absolute Gasteiger partial charge is 0.331 e. The summed E-state index contributed by atoms with van der Waals surface area (Å²) in [4.78, 5) is 27.0. The van der Waals surface area contributed by atoms with Crippen LogP contribution in [0.15, 0.2) is 76.3 Å². The van der Waals surface area contributed by atoms with Crippen molar-refractivity contribution in [2.75, 3.05) is 0 Å². The number of fused-ring (bicyclic) bond motifs is 5. The molecule has 0 bridgehead atoms. The second-order valence-corrected chi connectivity index (χ2v) is 9.64. The third-order valence-corrected chi connectivity index (χ3v) is 7.33. The molecule has 0 N–H and O–H groups in total. The molecule has 3 heterocycles. The van der Waals surface area contributed by atoms with Crippen molar-refractivity contribution in [3.8, 4) is 22.7 Å². The van der Waals surface area contributed by atoms with Gasteiger partial charge >= 0.3 is 5.69 Å². The fourth-order valence-corrected chi connectivity index (χ4v) is 5.46. The van der Waals surface area contributed by atoms with Crippen LogP contribution in [0.25, 0.3) is 27.8 Å². The third kappa shape index (κ3) is 2.97. The van der Waals surface area contributed by atoms with E-state index < -0.39 is 6.10 Å².